The topological polar surface area (TPSA) is 64.2 Å². The molecule has 3 heteroatoms. The van der Waals surface area contributed by atoms with E-state index in [0.717, 1.165) is 67.8 Å². The number of nitrogens with zero attached hydrogens (tertiary/aromatic N) is 1. The van der Waals surface area contributed by atoms with Gasteiger partial charge in [0.2, 0.25) is 0 Å². The van der Waals surface area contributed by atoms with Crippen molar-refractivity contribution in [2.75, 3.05) is 0 Å². The van der Waals surface area contributed by atoms with Gasteiger partial charge in [0.25, 0.3) is 0 Å². The number of hydrogen-bond donors (Lipinski definition) is 2. The third-order valence-electron chi connectivity index (χ3n) is 12.0. The lowest BCUT2D eigenvalue weighted by Gasteiger charge is -2.59. The Bertz CT molecular complexity index is 1040. The summed E-state index contributed by atoms with van der Waals surface area (Å²) >= 11 is 0. The number of aliphatic hydroxyl groups is 2. The zero-order valence-corrected chi connectivity index (χ0v) is 23.0. The molecule has 3 fully saturated rings. The second-order valence-electron chi connectivity index (χ2n) is 13.5. The smallest absolute Gasteiger partial charge is 0.0995 e. The third kappa shape index (κ3) is 4.17. The first-order chi connectivity index (χ1) is 17.1. The van der Waals surface area contributed by atoms with Crippen molar-refractivity contribution in [2.24, 2.45) is 40.4 Å². The van der Waals surface area contributed by atoms with Crippen LogP contribution >= 0.6 is 0 Å². The van der Waals surface area contributed by atoms with Crippen LogP contribution in [-0.2, 0) is 0 Å². The average molecular weight is 490 g/mol. The summed E-state index contributed by atoms with van der Waals surface area (Å²) in [5.41, 5.74) is 3.15. The van der Waals surface area contributed by atoms with Gasteiger partial charge in [0.15, 0.2) is 0 Å². The number of allylic oxidation sites excluding steroid dienone is 1. The lowest BCUT2D eigenvalue weighted by atomic mass is 9.46. The Morgan fingerprint density at radius 2 is 1.83 bits per heavy atom. The van der Waals surface area contributed by atoms with Crippen molar-refractivity contribution < 1.29 is 10.2 Å². The van der Waals surface area contributed by atoms with E-state index in [-0.39, 0.29) is 5.41 Å². The fourth-order valence-corrected chi connectivity index (χ4v) is 9.66. The minimum Gasteiger partial charge on any atom is -0.390 e. The van der Waals surface area contributed by atoms with Gasteiger partial charge in [-0.2, -0.15) is 5.26 Å². The number of rotatable bonds is 6. The first-order valence-electron chi connectivity index (χ1n) is 14.7. The third-order valence-corrected chi connectivity index (χ3v) is 12.0. The SMILES string of the molecule is CC[C@]1(O)CC[C@@]2(C)C(=CC[C@H]3[C@@H]4CC[C@H](C(C)CC[C@H](O)c5ccccc5C#N)[C@@]4(C)CC[C@@H]32)C1. The molecular formula is C33H47NO2. The summed E-state index contributed by atoms with van der Waals surface area (Å²) in [5, 5.41) is 31.4. The minimum atomic E-state index is -0.557. The maximum atomic E-state index is 11.0. The van der Waals surface area contributed by atoms with E-state index in [4.69, 9.17) is 0 Å². The first-order valence-corrected chi connectivity index (χ1v) is 14.7. The van der Waals surface area contributed by atoms with E-state index in [1.165, 1.54) is 32.1 Å². The Hall–Kier alpha value is -1.63. The van der Waals surface area contributed by atoms with Crippen LogP contribution in [0.4, 0.5) is 0 Å². The normalized spacial score (nSPS) is 41.3. The largest absolute Gasteiger partial charge is 0.390 e. The van der Waals surface area contributed by atoms with Crippen molar-refractivity contribution in [3.05, 3.63) is 47.0 Å². The summed E-state index contributed by atoms with van der Waals surface area (Å²) < 4.78 is 0. The van der Waals surface area contributed by atoms with Crippen LogP contribution in [0.1, 0.15) is 116 Å². The van der Waals surface area contributed by atoms with Gasteiger partial charge in [0.05, 0.1) is 23.3 Å². The Morgan fingerprint density at radius 3 is 2.58 bits per heavy atom. The monoisotopic (exact) mass is 489 g/mol. The second kappa shape index (κ2) is 9.59. The molecule has 4 aliphatic rings. The van der Waals surface area contributed by atoms with E-state index in [1.807, 2.05) is 24.3 Å². The van der Waals surface area contributed by atoms with Gasteiger partial charge in [-0.3, -0.25) is 0 Å². The molecule has 196 valence electrons. The number of benzene rings is 1. The highest BCUT2D eigenvalue weighted by atomic mass is 16.3. The molecule has 0 saturated heterocycles. The molecule has 3 saturated carbocycles. The van der Waals surface area contributed by atoms with Crippen LogP contribution in [0.15, 0.2) is 35.9 Å². The minimum absolute atomic E-state index is 0.285. The summed E-state index contributed by atoms with van der Waals surface area (Å²) in [5.74, 6) is 3.66. The van der Waals surface area contributed by atoms with Crippen LogP contribution < -0.4 is 0 Å². The van der Waals surface area contributed by atoms with E-state index >= 15 is 0 Å². The zero-order chi connectivity index (χ0) is 25.7. The molecule has 0 amide bonds. The number of hydrogen-bond acceptors (Lipinski definition) is 3. The highest BCUT2D eigenvalue weighted by molar-refractivity contribution is 5.38. The van der Waals surface area contributed by atoms with E-state index in [2.05, 4.69) is 39.8 Å². The quantitative estimate of drug-likeness (QED) is 0.402. The molecule has 5 rings (SSSR count). The van der Waals surface area contributed by atoms with Crippen LogP contribution in [0.2, 0.25) is 0 Å². The number of aliphatic hydroxyl groups excluding tert-OH is 1. The lowest BCUT2D eigenvalue weighted by Crippen LogP contribution is -2.52. The van der Waals surface area contributed by atoms with Gasteiger partial charge in [-0.15, -0.1) is 0 Å². The molecule has 1 aromatic carbocycles. The number of nitriles is 1. The van der Waals surface area contributed by atoms with Crippen LogP contribution in [0, 0.1) is 51.8 Å². The van der Waals surface area contributed by atoms with Crippen LogP contribution in [0.25, 0.3) is 0 Å². The maximum Gasteiger partial charge on any atom is 0.0995 e. The Kier molecular flexibility index (Phi) is 6.93. The molecule has 2 N–H and O–H groups in total. The standard InChI is InChI=1S/C33H47NO2/c1-5-33(36)19-18-31(3)24(20-33)11-12-26-28-14-13-27(32(28,4)17-16-29(26)31)22(2)10-15-30(35)25-9-7-6-8-23(25)21-34/h6-9,11,22,26-30,35-36H,5,10,12-20H2,1-4H3/t22?,26-,27+,28-,29-,30-,31-,32+,33-/m0/s1. The van der Waals surface area contributed by atoms with Gasteiger partial charge in [-0.25, -0.2) is 0 Å². The molecule has 0 heterocycles. The summed E-state index contributed by atoms with van der Waals surface area (Å²) in [6.45, 7) is 9.69. The predicted octanol–water partition coefficient (Wildman–Crippen LogP) is 7.73. The Labute approximate surface area is 219 Å². The van der Waals surface area contributed by atoms with Crippen molar-refractivity contribution >= 4 is 0 Å². The van der Waals surface area contributed by atoms with Gasteiger partial charge < -0.3 is 10.2 Å². The lowest BCUT2D eigenvalue weighted by molar-refractivity contribution is -0.0757. The molecule has 0 bridgehead atoms. The Balaban J connectivity index is 1.28. The van der Waals surface area contributed by atoms with Crippen molar-refractivity contribution in [1.82, 2.24) is 0 Å². The van der Waals surface area contributed by atoms with E-state index in [9.17, 15) is 15.5 Å². The fraction of sp³-hybridized carbons (Fsp3) is 0.727. The summed E-state index contributed by atoms with van der Waals surface area (Å²) in [7, 11) is 0. The van der Waals surface area contributed by atoms with Crippen molar-refractivity contribution in [3.63, 3.8) is 0 Å². The number of fused-ring (bicyclic) bond motifs is 5. The second-order valence-corrected chi connectivity index (χ2v) is 13.5. The van der Waals surface area contributed by atoms with Crippen LogP contribution in [-0.4, -0.2) is 15.8 Å². The van der Waals surface area contributed by atoms with Gasteiger partial charge in [-0.1, -0.05) is 57.5 Å². The van der Waals surface area contributed by atoms with Gasteiger partial charge >= 0.3 is 0 Å². The molecule has 0 radical (unpaired) electrons. The molecular weight excluding hydrogens is 442 g/mol. The molecule has 3 nitrogen and oxygen atoms in total. The van der Waals surface area contributed by atoms with Gasteiger partial charge in [0, 0.05) is 0 Å². The van der Waals surface area contributed by atoms with E-state index in [0.29, 0.717) is 16.9 Å². The van der Waals surface area contributed by atoms with Crippen LogP contribution in [0.5, 0.6) is 0 Å². The molecule has 0 spiro atoms. The van der Waals surface area contributed by atoms with Crippen molar-refractivity contribution in [2.45, 2.75) is 110 Å². The first kappa shape index (κ1) is 26.0. The molecule has 1 unspecified atom stereocenters. The molecule has 4 aliphatic carbocycles. The van der Waals surface area contributed by atoms with Crippen molar-refractivity contribution in [3.8, 4) is 6.07 Å². The molecule has 0 aromatic heterocycles. The average Bonchev–Trinajstić information content (AvgIpc) is 3.25. The fourth-order valence-electron chi connectivity index (χ4n) is 9.66. The molecule has 1 aromatic rings. The highest BCUT2D eigenvalue weighted by Crippen LogP contribution is 2.67. The van der Waals surface area contributed by atoms with Gasteiger partial charge in [-0.05, 0) is 123 Å². The highest BCUT2D eigenvalue weighted by Gasteiger charge is 2.59. The molecule has 0 aliphatic heterocycles. The summed E-state index contributed by atoms with van der Waals surface area (Å²) in [6.07, 6.45) is 14.2. The summed E-state index contributed by atoms with van der Waals surface area (Å²) in [6, 6.07) is 9.74. The van der Waals surface area contributed by atoms with Crippen LogP contribution in [0.3, 0.4) is 0 Å². The summed E-state index contributed by atoms with van der Waals surface area (Å²) in [4.78, 5) is 0. The maximum absolute atomic E-state index is 11.0. The predicted molar refractivity (Wildman–Crippen MR) is 145 cm³/mol. The van der Waals surface area contributed by atoms with E-state index in [1.54, 1.807) is 5.57 Å². The van der Waals surface area contributed by atoms with E-state index < -0.39 is 11.7 Å². The molecule has 9 atom stereocenters. The van der Waals surface area contributed by atoms with Gasteiger partial charge in [0.1, 0.15) is 0 Å². The van der Waals surface area contributed by atoms with Crippen molar-refractivity contribution in [1.29, 1.82) is 5.26 Å². The Morgan fingerprint density at radius 1 is 1.06 bits per heavy atom. The zero-order valence-electron chi connectivity index (χ0n) is 23.0. The molecule has 36 heavy (non-hydrogen) atoms.